The summed E-state index contributed by atoms with van der Waals surface area (Å²) in [5.74, 6) is -1.68. The predicted octanol–water partition coefficient (Wildman–Crippen LogP) is 2.06. The van der Waals surface area contributed by atoms with Crippen LogP contribution in [0.25, 0.3) is 0 Å². The zero-order valence-electron chi connectivity index (χ0n) is 13.5. The highest BCUT2D eigenvalue weighted by Gasteiger charge is 2.20. The van der Waals surface area contributed by atoms with Crippen molar-refractivity contribution in [2.45, 2.75) is 12.5 Å². The van der Waals surface area contributed by atoms with Crippen LogP contribution < -0.4 is 11.1 Å². The molecule has 7 heteroatoms. The molecule has 2 amide bonds. The number of carbonyl (C=O) groups is 3. The van der Waals surface area contributed by atoms with E-state index in [-0.39, 0.29) is 17.5 Å². The van der Waals surface area contributed by atoms with Crippen LogP contribution in [0.15, 0.2) is 53.0 Å². The Morgan fingerprint density at radius 2 is 1.80 bits per heavy atom. The van der Waals surface area contributed by atoms with Gasteiger partial charge in [-0.1, -0.05) is 34.1 Å². The van der Waals surface area contributed by atoms with Crippen LogP contribution in [0.2, 0.25) is 0 Å². The molecule has 25 heavy (non-hydrogen) atoms. The highest BCUT2D eigenvalue weighted by atomic mass is 79.9. The number of nitrogens with two attached hydrogens (primary N) is 1. The average Bonchev–Trinajstić information content (AvgIpc) is 2.60. The van der Waals surface area contributed by atoms with Gasteiger partial charge in [-0.25, -0.2) is 4.79 Å². The van der Waals surface area contributed by atoms with E-state index in [0.717, 1.165) is 10.0 Å². The van der Waals surface area contributed by atoms with Gasteiger partial charge >= 0.3 is 5.97 Å². The molecule has 0 saturated carbocycles. The second-order valence-electron chi connectivity index (χ2n) is 5.33. The van der Waals surface area contributed by atoms with E-state index in [1.807, 2.05) is 24.3 Å². The molecule has 0 aliphatic rings. The first kappa shape index (κ1) is 18.7. The van der Waals surface area contributed by atoms with Gasteiger partial charge in [-0.15, -0.1) is 0 Å². The Kier molecular flexibility index (Phi) is 6.30. The largest absolute Gasteiger partial charge is 0.465 e. The number of nitrogens with one attached hydrogen (secondary N) is 1. The number of rotatable bonds is 6. The van der Waals surface area contributed by atoms with Crippen molar-refractivity contribution in [2.75, 3.05) is 7.11 Å². The van der Waals surface area contributed by atoms with Gasteiger partial charge in [0.2, 0.25) is 5.91 Å². The Morgan fingerprint density at radius 3 is 2.44 bits per heavy atom. The summed E-state index contributed by atoms with van der Waals surface area (Å²) in [7, 11) is 1.26. The lowest BCUT2D eigenvalue weighted by molar-refractivity contribution is -0.119. The first-order chi connectivity index (χ1) is 11.9. The molecule has 0 heterocycles. The quantitative estimate of drug-likeness (QED) is 0.719. The number of hydrogen-bond acceptors (Lipinski definition) is 4. The third-order valence-corrected chi connectivity index (χ3v) is 4.02. The van der Waals surface area contributed by atoms with E-state index >= 15 is 0 Å². The van der Waals surface area contributed by atoms with E-state index in [9.17, 15) is 14.4 Å². The van der Waals surface area contributed by atoms with E-state index in [1.165, 1.54) is 19.2 Å². The normalized spacial score (nSPS) is 11.4. The van der Waals surface area contributed by atoms with Crippen molar-refractivity contribution in [1.29, 1.82) is 0 Å². The Balaban J connectivity index is 2.15. The van der Waals surface area contributed by atoms with E-state index < -0.39 is 23.8 Å². The SMILES string of the molecule is COC(=O)c1cccc(C(=O)N[C@@H](Cc2cccc(Br)c2)C(N)=O)c1. The highest BCUT2D eigenvalue weighted by molar-refractivity contribution is 9.10. The lowest BCUT2D eigenvalue weighted by atomic mass is 10.0. The summed E-state index contributed by atoms with van der Waals surface area (Å²) in [5.41, 5.74) is 6.75. The number of esters is 1. The fourth-order valence-corrected chi connectivity index (χ4v) is 2.72. The molecule has 0 aliphatic heterocycles. The number of amides is 2. The van der Waals surface area contributed by atoms with E-state index in [1.54, 1.807) is 12.1 Å². The molecular weight excluding hydrogens is 388 g/mol. The molecule has 2 aromatic rings. The van der Waals surface area contributed by atoms with Gasteiger partial charge in [0.05, 0.1) is 12.7 Å². The summed E-state index contributed by atoms with van der Waals surface area (Å²) in [4.78, 5) is 35.7. The number of hydrogen-bond donors (Lipinski definition) is 2. The monoisotopic (exact) mass is 404 g/mol. The molecule has 2 aromatic carbocycles. The predicted molar refractivity (Wildman–Crippen MR) is 96.1 cm³/mol. The summed E-state index contributed by atoms with van der Waals surface area (Å²) in [5, 5.41) is 2.60. The van der Waals surface area contributed by atoms with Crippen LogP contribution in [0.1, 0.15) is 26.3 Å². The van der Waals surface area contributed by atoms with Gasteiger partial charge in [0.1, 0.15) is 6.04 Å². The van der Waals surface area contributed by atoms with Crippen molar-refractivity contribution in [1.82, 2.24) is 5.32 Å². The Bertz CT molecular complexity index is 807. The van der Waals surface area contributed by atoms with Crippen molar-refractivity contribution in [3.63, 3.8) is 0 Å². The first-order valence-corrected chi connectivity index (χ1v) is 8.23. The minimum Gasteiger partial charge on any atom is -0.465 e. The molecule has 3 N–H and O–H groups in total. The molecule has 0 spiro atoms. The Morgan fingerprint density at radius 1 is 1.12 bits per heavy atom. The van der Waals surface area contributed by atoms with Crippen LogP contribution in [0.3, 0.4) is 0 Å². The number of benzene rings is 2. The van der Waals surface area contributed by atoms with Gasteiger partial charge < -0.3 is 15.8 Å². The maximum atomic E-state index is 12.4. The lowest BCUT2D eigenvalue weighted by Gasteiger charge is -2.16. The molecule has 2 rings (SSSR count). The van der Waals surface area contributed by atoms with E-state index in [0.29, 0.717) is 0 Å². The highest BCUT2D eigenvalue weighted by Crippen LogP contribution is 2.14. The fourth-order valence-electron chi connectivity index (χ4n) is 2.27. The summed E-state index contributed by atoms with van der Waals surface area (Å²) in [6, 6.07) is 12.6. The zero-order chi connectivity index (χ0) is 18.4. The van der Waals surface area contributed by atoms with E-state index in [2.05, 4.69) is 26.0 Å². The zero-order valence-corrected chi connectivity index (χ0v) is 15.1. The van der Waals surface area contributed by atoms with Gasteiger partial charge in [0, 0.05) is 16.5 Å². The van der Waals surface area contributed by atoms with Crippen LogP contribution in [0.5, 0.6) is 0 Å². The third-order valence-electron chi connectivity index (χ3n) is 3.52. The van der Waals surface area contributed by atoms with Crippen LogP contribution in [0.4, 0.5) is 0 Å². The van der Waals surface area contributed by atoms with Crippen LogP contribution in [-0.4, -0.2) is 30.9 Å². The van der Waals surface area contributed by atoms with Gasteiger partial charge in [-0.2, -0.15) is 0 Å². The summed E-state index contributed by atoms with van der Waals surface area (Å²) >= 11 is 3.36. The number of primary amides is 1. The van der Waals surface area contributed by atoms with Gasteiger partial charge in [-0.3, -0.25) is 9.59 Å². The molecule has 0 unspecified atom stereocenters. The van der Waals surface area contributed by atoms with Crippen molar-refractivity contribution >= 4 is 33.7 Å². The molecule has 0 fully saturated rings. The first-order valence-electron chi connectivity index (χ1n) is 7.43. The van der Waals surface area contributed by atoms with Gasteiger partial charge in [0.25, 0.3) is 5.91 Å². The molecule has 0 aromatic heterocycles. The molecule has 0 saturated heterocycles. The summed E-state index contributed by atoms with van der Waals surface area (Å²) < 4.78 is 5.50. The lowest BCUT2D eigenvalue weighted by Crippen LogP contribution is -2.45. The maximum absolute atomic E-state index is 12.4. The van der Waals surface area contributed by atoms with Crippen molar-refractivity contribution in [3.05, 3.63) is 69.7 Å². The Labute approximate surface area is 153 Å². The standard InChI is InChI=1S/C18H17BrN2O4/c1-25-18(24)13-6-3-5-12(10-13)17(23)21-15(16(20)22)9-11-4-2-7-14(19)8-11/h2-8,10,15H,9H2,1H3,(H2,20,22)(H,21,23)/t15-/m0/s1. The molecule has 1 atom stereocenters. The molecule has 0 bridgehead atoms. The second-order valence-corrected chi connectivity index (χ2v) is 6.25. The second kappa shape index (κ2) is 8.43. The fraction of sp³-hybridized carbons (Fsp3) is 0.167. The van der Waals surface area contributed by atoms with E-state index in [4.69, 9.17) is 5.73 Å². The topological polar surface area (TPSA) is 98.5 Å². The number of ether oxygens (including phenoxy) is 1. The number of methoxy groups -OCH3 is 1. The molecule has 6 nitrogen and oxygen atoms in total. The molecule has 0 radical (unpaired) electrons. The number of halogens is 1. The smallest absolute Gasteiger partial charge is 0.337 e. The van der Waals surface area contributed by atoms with Crippen LogP contribution in [-0.2, 0) is 16.0 Å². The molecule has 130 valence electrons. The number of carbonyl (C=O) groups excluding carboxylic acids is 3. The minimum absolute atomic E-state index is 0.239. The van der Waals surface area contributed by atoms with Crippen molar-refractivity contribution < 1.29 is 19.1 Å². The Hall–Kier alpha value is -2.67. The average molecular weight is 405 g/mol. The van der Waals surface area contributed by atoms with Crippen molar-refractivity contribution in [3.8, 4) is 0 Å². The molecule has 0 aliphatic carbocycles. The minimum atomic E-state index is -0.872. The summed E-state index contributed by atoms with van der Waals surface area (Å²) in [6.45, 7) is 0. The maximum Gasteiger partial charge on any atom is 0.337 e. The van der Waals surface area contributed by atoms with Crippen molar-refractivity contribution in [2.24, 2.45) is 5.73 Å². The van der Waals surface area contributed by atoms with Crippen LogP contribution in [0, 0.1) is 0 Å². The summed E-state index contributed by atoms with van der Waals surface area (Å²) in [6.07, 6.45) is 0.261. The third kappa shape index (κ3) is 5.15. The van der Waals surface area contributed by atoms with Gasteiger partial charge in [0.15, 0.2) is 0 Å². The molecular formula is C18H17BrN2O4. The van der Waals surface area contributed by atoms with Gasteiger partial charge in [-0.05, 0) is 35.9 Å². The van der Waals surface area contributed by atoms with Crippen LogP contribution >= 0.6 is 15.9 Å².